The lowest BCUT2D eigenvalue weighted by atomic mass is 10.1. The normalized spacial score (nSPS) is 14.3. The number of methoxy groups -OCH3 is 1. The van der Waals surface area contributed by atoms with Gasteiger partial charge in [0.2, 0.25) is 5.43 Å². The van der Waals surface area contributed by atoms with Crippen LogP contribution < -0.4 is 10.2 Å². The first-order valence-corrected chi connectivity index (χ1v) is 8.45. The Balaban J connectivity index is 2.04. The van der Waals surface area contributed by atoms with Crippen molar-refractivity contribution in [3.63, 3.8) is 0 Å². The highest BCUT2D eigenvalue weighted by atomic mass is 19.4. The maximum atomic E-state index is 14.2. The predicted molar refractivity (Wildman–Crippen MR) is 90.1 cm³/mol. The molecule has 1 aliphatic carbocycles. The van der Waals surface area contributed by atoms with E-state index in [1.807, 2.05) is 0 Å². The highest BCUT2D eigenvalue weighted by molar-refractivity contribution is 5.94. The second kappa shape index (κ2) is 7.78. The molecule has 1 aromatic carbocycles. The molecule has 0 radical (unpaired) electrons. The fourth-order valence-electron chi connectivity index (χ4n) is 2.72. The van der Waals surface area contributed by atoms with E-state index in [1.54, 1.807) is 4.57 Å². The van der Waals surface area contributed by atoms with Gasteiger partial charge in [-0.3, -0.25) is 4.79 Å². The Labute approximate surface area is 156 Å². The smallest absolute Gasteiger partial charge is 0.422 e. The van der Waals surface area contributed by atoms with Crippen LogP contribution >= 0.6 is 0 Å². The SMILES string of the molecule is COCCOC(=O)c1cn(C2CC2)c2cc(OCC(F)(F)F)c(F)cc2c1=O. The zero-order valence-corrected chi connectivity index (χ0v) is 14.8. The first-order chi connectivity index (χ1) is 13.2. The van der Waals surface area contributed by atoms with Crippen LogP contribution in [0.4, 0.5) is 17.6 Å². The van der Waals surface area contributed by atoms with Crippen LogP contribution in [0, 0.1) is 5.82 Å². The van der Waals surface area contributed by atoms with Gasteiger partial charge in [-0.25, -0.2) is 9.18 Å². The highest BCUT2D eigenvalue weighted by Gasteiger charge is 2.30. The lowest BCUT2D eigenvalue weighted by Gasteiger charge is -2.15. The molecule has 0 N–H and O–H groups in total. The van der Waals surface area contributed by atoms with Gasteiger partial charge in [0, 0.05) is 30.8 Å². The highest BCUT2D eigenvalue weighted by Crippen LogP contribution is 2.38. The number of pyridine rings is 1. The Morgan fingerprint density at radius 2 is 1.96 bits per heavy atom. The summed E-state index contributed by atoms with van der Waals surface area (Å²) in [5.41, 5.74) is -0.853. The molecule has 1 saturated carbocycles. The third kappa shape index (κ3) is 4.44. The van der Waals surface area contributed by atoms with Gasteiger partial charge in [0.05, 0.1) is 12.1 Å². The van der Waals surface area contributed by atoms with Crippen molar-refractivity contribution in [2.45, 2.75) is 25.1 Å². The largest absolute Gasteiger partial charge is 0.481 e. The standard InChI is InChI=1S/C18H17F4NO5/c1-26-4-5-27-17(25)12-8-23(10-2-3-10)14-7-15(28-9-18(20,21)22)13(19)6-11(14)16(12)24/h6-8,10H,2-5,9H2,1H3. The van der Waals surface area contributed by atoms with E-state index in [2.05, 4.69) is 4.74 Å². The molecule has 0 bridgehead atoms. The molecule has 10 heteroatoms. The van der Waals surface area contributed by atoms with E-state index in [1.165, 1.54) is 13.3 Å². The number of nitrogens with zero attached hydrogens (tertiary/aromatic N) is 1. The number of benzene rings is 1. The van der Waals surface area contributed by atoms with Gasteiger partial charge >= 0.3 is 12.1 Å². The molecule has 0 spiro atoms. The van der Waals surface area contributed by atoms with Gasteiger partial charge in [-0.1, -0.05) is 0 Å². The summed E-state index contributed by atoms with van der Waals surface area (Å²) in [4.78, 5) is 24.9. The van der Waals surface area contributed by atoms with Crippen LogP contribution in [-0.2, 0) is 9.47 Å². The number of aromatic nitrogens is 1. The van der Waals surface area contributed by atoms with Crippen LogP contribution in [0.5, 0.6) is 5.75 Å². The molecule has 2 aromatic rings. The minimum Gasteiger partial charge on any atom is -0.481 e. The quantitative estimate of drug-likeness (QED) is 0.404. The summed E-state index contributed by atoms with van der Waals surface area (Å²) < 4.78 is 67.2. The van der Waals surface area contributed by atoms with E-state index >= 15 is 0 Å². The molecule has 0 atom stereocenters. The molecule has 1 heterocycles. The fourth-order valence-corrected chi connectivity index (χ4v) is 2.72. The van der Waals surface area contributed by atoms with E-state index in [9.17, 15) is 27.2 Å². The molecule has 3 rings (SSSR count). The van der Waals surface area contributed by atoms with Crippen molar-refractivity contribution in [3.05, 3.63) is 39.9 Å². The van der Waals surface area contributed by atoms with Crippen LogP contribution in [-0.4, -0.2) is 43.6 Å². The average molecular weight is 403 g/mol. The number of halogens is 4. The summed E-state index contributed by atoms with van der Waals surface area (Å²) >= 11 is 0. The zero-order chi connectivity index (χ0) is 20.5. The van der Waals surface area contributed by atoms with Crippen LogP contribution in [0.15, 0.2) is 23.1 Å². The Bertz CT molecular complexity index is 950. The Morgan fingerprint density at radius 3 is 2.57 bits per heavy atom. The molecular formula is C18H17F4NO5. The number of esters is 1. The Morgan fingerprint density at radius 1 is 1.25 bits per heavy atom. The number of fused-ring (bicyclic) bond motifs is 1. The van der Waals surface area contributed by atoms with Crippen molar-refractivity contribution in [1.29, 1.82) is 0 Å². The molecule has 0 aliphatic heterocycles. The number of hydrogen-bond donors (Lipinski definition) is 0. The molecule has 1 aliphatic rings. The van der Waals surface area contributed by atoms with E-state index in [0.717, 1.165) is 25.0 Å². The summed E-state index contributed by atoms with van der Waals surface area (Å²) in [7, 11) is 1.42. The molecule has 1 aromatic heterocycles. The molecule has 0 saturated heterocycles. The lowest BCUT2D eigenvalue weighted by Crippen LogP contribution is -2.22. The van der Waals surface area contributed by atoms with Crippen molar-refractivity contribution in [3.8, 4) is 5.75 Å². The van der Waals surface area contributed by atoms with E-state index in [4.69, 9.17) is 9.47 Å². The van der Waals surface area contributed by atoms with Crippen LogP contribution in [0.3, 0.4) is 0 Å². The van der Waals surface area contributed by atoms with Gasteiger partial charge in [0.15, 0.2) is 18.2 Å². The van der Waals surface area contributed by atoms with E-state index in [0.29, 0.717) is 0 Å². The molecule has 6 nitrogen and oxygen atoms in total. The average Bonchev–Trinajstić information content (AvgIpc) is 3.45. The maximum absolute atomic E-state index is 14.2. The van der Waals surface area contributed by atoms with Gasteiger partial charge in [0.25, 0.3) is 0 Å². The van der Waals surface area contributed by atoms with Crippen molar-refractivity contribution < 1.29 is 36.6 Å². The summed E-state index contributed by atoms with van der Waals surface area (Å²) in [6.07, 6.45) is -1.82. The third-order valence-corrected chi connectivity index (χ3v) is 4.16. The summed E-state index contributed by atoms with van der Waals surface area (Å²) in [6.45, 7) is -1.58. The van der Waals surface area contributed by atoms with Gasteiger partial charge in [-0.15, -0.1) is 0 Å². The monoisotopic (exact) mass is 403 g/mol. The van der Waals surface area contributed by atoms with Gasteiger partial charge in [-0.2, -0.15) is 13.2 Å². The number of rotatable bonds is 7. The summed E-state index contributed by atoms with van der Waals surface area (Å²) in [6, 6.07) is 1.79. The first-order valence-electron chi connectivity index (χ1n) is 8.45. The minimum atomic E-state index is -4.63. The predicted octanol–water partition coefficient (Wildman–Crippen LogP) is 3.22. The van der Waals surface area contributed by atoms with Crippen LogP contribution in [0.2, 0.25) is 0 Å². The summed E-state index contributed by atoms with van der Waals surface area (Å²) in [5, 5.41) is -0.134. The van der Waals surface area contributed by atoms with E-state index in [-0.39, 0.29) is 35.7 Å². The van der Waals surface area contributed by atoms with Gasteiger partial charge < -0.3 is 18.8 Å². The third-order valence-electron chi connectivity index (χ3n) is 4.16. The maximum Gasteiger partial charge on any atom is 0.422 e. The fraction of sp³-hybridized carbons (Fsp3) is 0.444. The topological polar surface area (TPSA) is 66.8 Å². The molecule has 152 valence electrons. The second-order valence-corrected chi connectivity index (χ2v) is 6.34. The second-order valence-electron chi connectivity index (χ2n) is 6.34. The molecule has 0 unspecified atom stereocenters. The van der Waals surface area contributed by atoms with Crippen molar-refractivity contribution in [2.75, 3.05) is 26.9 Å². The van der Waals surface area contributed by atoms with Crippen molar-refractivity contribution in [1.82, 2.24) is 4.57 Å². The number of ether oxygens (including phenoxy) is 3. The number of carbonyl (C=O) groups excluding carboxylic acids is 1. The number of alkyl halides is 3. The summed E-state index contributed by atoms with van der Waals surface area (Å²) in [5.74, 6) is -2.62. The number of carbonyl (C=O) groups is 1. The molecule has 1 fully saturated rings. The molecule has 28 heavy (non-hydrogen) atoms. The van der Waals surface area contributed by atoms with E-state index < -0.39 is 35.7 Å². The zero-order valence-electron chi connectivity index (χ0n) is 14.8. The first kappa shape index (κ1) is 20.1. The Kier molecular flexibility index (Phi) is 5.59. The molecule has 0 amide bonds. The minimum absolute atomic E-state index is 0.0467. The van der Waals surface area contributed by atoms with Gasteiger partial charge in [-0.05, 0) is 18.9 Å². The molecular weight excluding hydrogens is 386 g/mol. The van der Waals surface area contributed by atoms with Gasteiger partial charge in [0.1, 0.15) is 12.2 Å². The Hall–Kier alpha value is -2.62. The van der Waals surface area contributed by atoms with Crippen LogP contribution in [0.1, 0.15) is 29.2 Å². The lowest BCUT2D eigenvalue weighted by molar-refractivity contribution is -0.153. The van der Waals surface area contributed by atoms with Crippen LogP contribution in [0.25, 0.3) is 10.9 Å². The number of hydrogen-bond acceptors (Lipinski definition) is 5. The van der Waals surface area contributed by atoms with Crippen molar-refractivity contribution in [2.24, 2.45) is 0 Å². The van der Waals surface area contributed by atoms with Crippen molar-refractivity contribution >= 4 is 16.9 Å².